The van der Waals surface area contributed by atoms with E-state index in [0.29, 0.717) is 11.7 Å². The number of likely N-dealkylation sites (N-methyl/N-ethyl adjacent to an activating group) is 1. The monoisotopic (exact) mass is 315 g/mol. The van der Waals surface area contributed by atoms with Crippen molar-refractivity contribution in [3.05, 3.63) is 29.2 Å². The van der Waals surface area contributed by atoms with Crippen molar-refractivity contribution in [1.29, 1.82) is 0 Å². The lowest BCUT2D eigenvalue weighted by atomic mass is 9.99. The standard InChI is InChI=1S/C16H25N7/c1-20-4-3-5-22-15(11-20)14(7-18-22)12-8-21(2)10-13-6-16(17)19-23(13)9-12/h6-7,12H,3-5,8-11H2,1-2H3,(H2,17,19). The quantitative estimate of drug-likeness (QED) is 0.840. The molecule has 2 aromatic rings. The van der Waals surface area contributed by atoms with Gasteiger partial charge in [-0.05, 0) is 20.5 Å². The first kappa shape index (κ1) is 14.7. The summed E-state index contributed by atoms with van der Waals surface area (Å²) in [6.45, 7) is 5.91. The summed E-state index contributed by atoms with van der Waals surface area (Å²) in [7, 11) is 4.36. The highest BCUT2D eigenvalue weighted by Gasteiger charge is 2.27. The third-order valence-electron chi connectivity index (χ3n) is 4.99. The molecule has 0 bridgehead atoms. The summed E-state index contributed by atoms with van der Waals surface area (Å²) in [5.74, 6) is 1.01. The van der Waals surface area contributed by atoms with Gasteiger partial charge in [0, 0.05) is 56.8 Å². The molecule has 1 unspecified atom stereocenters. The molecule has 0 saturated heterocycles. The normalized spacial score (nSPS) is 23.1. The Morgan fingerprint density at radius 1 is 1.09 bits per heavy atom. The minimum Gasteiger partial charge on any atom is -0.382 e. The minimum absolute atomic E-state index is 0.399. The second-order valence-electron chi connectivity index (χ2n) is 7.00. The van der Waals surface area contributed by atoms with Gasteiger partial charge in [0.05, 0.1) is 17.6 Å². The maximum atomic E-state index is 5.90. The van der Waals surface area contributed by atoms with Gasteiger partial charge in [-0.3, -0.25) is 14.3 Å². The number of aryl methyl sites for hydroxylation is 1. The molecule has 4 heterocycles. The van der Waals surface area contributed by atoms with Crippen molar-refractivity contribution in [3.8, 4) is 0 Å². The minimum atomic E-state index is 0.399. The van der Waals surface area contributed by atoms with Crippen molar-refractivity contribution in [3.63, 3.8) is 0 Å². The van der Waals surface area contributed by atoms with Crippen molar-refractivity contribution in [2.45, 2.75) is 38.5 Å². The van der Waals surface area contributed by atoms with Gasteiger partial charge in [-0.1, -0.05) is 0 Å². The van der Waals surface area contributed by atoms with Crippen LogP contribution in [0.5, 0.6) is 0 Å². The second kappa shape index (κ2) is 5.65. The molecule has 23 heavy (non-hydrogen) atoms. The van der Waals surface area contributed by atoms with E-state index in [1.807, 2.05) is 6.07 Å². The molecule has 2 aromatic heterocycles. The average molecular weight is 315 g/mol. The molecule has 2 aliphatic heterocycles. The Labute approximate surface area is 136 Å². The lowest BCUT2D eigenvalue weighted by Crippen LogP contribution is -2.24. The predicted octanol–water partition coefficient (Wildman–Crippen LogP) is 0.727. The van der Waals surface area contributed by atoms with Crippen LogP contribution in [0.2, 0.25) is 0 Å². The smallest absolute Gasteiger partial charge is 0.145 e. The van der Waals surface area contributed by atoms with E-state index in [4.69, 9.17) is 5.73 Å². The topological polar surface area (TPSA) is 68.1 Å². The zero-order valence-electron chi connectivity index (χ0n) is 13.9. The maximum Gasteiger partial charge on any atom is 0.145 e. The molecular formula is C16H25N7. The predicted molar refractivity (Wildman–Crippen MR) is 88.9 cm³/mol. The number of nitrogens with two attached hydrogens (primary N) is 1. The van der Waals surface area contributed by atoms with Gasteiger partial charge in [-0.15, -0.1) is 0 Å². The lowest BCUT2D eigenvalue weighted by molar-refractivity contribution is 0.307. The highest BCUT2D eigenvalue weighted by Crippen LogP contribution is 2.28. The van der Waals surface area contributed by atoms with E-state index >= 15 is 0 Å². The van der Waals surface area contributed by atoms with Crippen molar-refractivity contribution < 1.29 is 0 Å². The number of rotatable bonds is 1. The van der Waals surface area contributed by atoms with Gasteiger partial charge in [0.2, 0.25) is 0 Å². The Hall–Kier alpha value is -1.86. The van der Waals surface area contributed by atoms with E-state index in [2.05, 4.69) is 49.7 Å². The van der Waals surface area contributed by atoms with Crippen LogP contribution in [-0.4, -0.2) is 56.5 Å². The Kier molecular flexibility index (Phi) is 3.61. The Morgan fingerprint density at radius 2 is 1.96 bits per heavy atom. The van der Waals surface area contributed by atoms with E-state index in [1.54, 1.807) is 0 Å². The molecule has 0 aliphatic carbocycles. The largest absolute Gasteiger partial charge is 0.382 e. The summed E-state index contributed by atoms with van der Waals surface area (Å²) < 4.78 is 4.27. The summed E-state index contributed by atoms with van der Waals surface area (Å²) in [4.78, 5) is 4.75. The molecule has 124 valence electrons. The summed E-state index contributed by atoms with van der Waals surface area (Å²) >= 11 is 0. The molecule has 2 aliphatic rings. The van der Waals surface area contributed by atoms with E-state index in [1.165, 1.54) is 17.0 Å². The Bertz CT molecular complexity index is 701. The molecule has 7 nitrogen and oxygen atoms in total. The first-order valence-corrected chi connectivity index (χ1v) is 8.34. The fourth-order valence-corrected chi connectivity index (χ4v) is 3.90. The Morgan fingerprint density at radius 3 is 2.83 bits per heavy atom. The number of hydrogen-bond donors (Lipinski definition) is 1. The molecule has 4 rings (SSSR count). The maximum absolute atomic E-state index is 5.90. The van der Waals surface area contributed by atoms with E-state index in [-0.39, 0.29) is 0 Å². The van der Waals surface area contributed by atoms with Crippen molar-refractivity contribution in [2.75, 3.05) is 32.9 Å². The number of fused-ring (bicyclic) bond motifs is 2. The molecule has 7 heteroatoms. The van der Waals surface area contributed by atoms with Crippen molar-refractivity contribution >= 4 is 5.82 Å². The van der Waals surface area contributed by atoms with Crippen LogP contribution in [-0.2, 0) is 26.2 Å². The molecule has 2 N–H and O–H groups in total. The van der Waals surface area contributed by atoms with Gasteiger partial charge in [0.25, 0.3) is 0 Å². The Balaban J connectivity index is 1.69. The van der Waals surface area contributed by atoms with Gasteiger partial charge in [0.15, 0.2) is 0 Å². The van der Waals surface area contributed by atoms with Crippen molar-refractivity contribution in [2.24, 2.45) is 0 Å². The average Bonchev–Trinajstić information content (AvgIpc) is 2.91. The molecule has 0 saturated carbocycles. The highest BCUT2D eigenvalue weighted by atomic mass is 15.3. The van der Waals surface area contributed by atoms with Crippen LogP contribution in [0, 0.1) is 0 Å². The van der Waals surface area contributed by atoms with E-state index < -0.39 is 0 Å². The molecule has 0 spiro atoms. The molecule has 0 amide bonds. The number of aromatic nitrogens is 4. The third kappa shape index (κ3) is 2.74. The van der Waals surface area contributed by atoms with E-state index in [9.17, 15) is 0 Å². The van der Waals surface area contributed by atoms with Crippen LogP contribution in [0.4, 0.5) is 5.82 Å². The van der Waals surface area contributed by atoms with Gasteiger partial charge >= 0.3 is 0 Å². The van der Waals surface area contributed by atoms with E-state index in [0.717, 1.165) is 45.7 Å². The molecular weight excluding hydrogens is 290 g/mol. The fraction of sp³-hybridized carbons (Fsp3) is 0.625. The van der Waals surface area contributed by atoms with Gasteiger partial charge in [0.1, 0.15) is 5.82 Å². The van der Waals surface area contributed by atoms with Gasteiger partial charge < -0.3 is 10.6 Å². The fourth-order valence-electron chi connectivity index (χ4n) is 3.90. The SMILES string of the molecule is CN1CCCn2ncc(C3CN(C)Cc4cc(N)nn4C3)c2C1. The summed E-state index contributed by atoms with van der Waals surface area (Å²) in [5, 5.41) is 9.14. The number of nitrogens with zero attached hydrogens (tertiary/aromatic N) is 6. The van der Waals surface area contributed by atoms with Gasteiger partial charge in [-0.2, -0.15) is 10.2 Å². The second-order valence-corrected chi connectivity index (χ2v) is 7.00. The van der Waals surface area contributed by atoms with Crippen LogP contribution in [0.25, 0.3) is 0 Å². The molecule has 1 atom stereocenters. The zero-order valence-corrected chi connectivity index (χ0v) is 13.9. The van der Waals surface area contributed by atoms with Gasteiger partial charge in [-0.25, -0.2) is 0 Å². The number of anilines is 1. The summed E-state index contributed by atoms with van der Waals surface area (Å²) in [6, 6.07) is 1.99. The number of nitrogen functional groups attached to an aromatic ring is 1. The van der Waals surface area contributed by atoms with Crippen LogP contribution in [0.1, 0.15) is 29.3 Å². The lowest BCUT2D eigenvalue weighted by Gasteiger charge is -2.21. The third-order valence-corrected chi connectivity index (χ3v) is 4.99. The highest BCUT2D eigenvalue weighted by molar-refractivity contribution is 5.31. The molecule has 0 radical (unpaired) electrons. The zero-order chi connectivity index (χ0) is 16.0. The van der Waals surface area contributed by atoms with Crippen LogP contribution in [0.3, 0.4) is 0 Å². The molecule has 0 aromatic carbocycles. The van der Waals surface area contributed by atoms with Crippen LogP contribution < -0.4 is 5.73 Å². The van der Waals surface area contributed by atoms with Crippen molar-refractivity contribution in [1.82, 2.24) is 29.4 Å². The first-order chi connectivity index (χ1) is 11.1. The summed E-state index contributed by atoms with van der Waals surface area (Å²) in [6.07, 6.45) is 3.24. The number of hydrogen-bond acceptors (Lipinski definition) is 5. The molecule has 0 fully saturated rings. The van der Waals surface area contributed by atoms with Crippen LogP contribution >= 0.6 is 0 Å². The summed E-state index contributed by atoms with van der Waals surface area (Å²) in [5.41, 5.74) is 9.83. The van der Waals surface area contributed by atoms with Crippen LogP contribution in [0.15, 0.2) is 12.3 Å². The first-order valence-electron chi connectivity index (χ1n) is 8.34.